The van der Waals surface area contributed by atoms with E-state index in [4.69, 9.17) is 0 Å². The Balaban J connectivity index is 2.08. The summed E-state index contributed by atoms with van der Waals surface area (Å²) in [5.41, 5.74) is -0.462. The maximum absolute atomic E-state index is 12.2. The van der Waals surface area contributed by atoms with E-state index in [0.29, 0.717) is 23.5 Å². The number of carbonyl (C=O) groups is 1. The van der Waals surface area contributed by atoms with Crippen LogP contribution in [0, 0.1) is 29.1 Å². The summed E-state index contributed by atoms with van der Waals surface area (Å²) >= 11 is 0. The molecule has 2 rings (SSSR count). The van der Waals surface area contributed by atoms with Crippen molar-refractivity contribution in [3.05, 3.63) is 12.2 Å². The standard InChI is InChI=1S/C19H32O2/c1-13(8-9-14(2)18(3,4)21)15-10-11-16-17(20)7-6-12-19(15,16)5/h8-9,13-16,21H,6-7,10-12H2,1-5H3/t13-,14-,15+,16-,19+/m0/s1. The maximum atomic E-state index is 12.2. The monoisotopic (exact) mass is 292 g/mol. The first-order valence-corrected chi connectivity index (χ1v) is 8.59. The van der Waals surface area contributed by atoms with Crippen LogP contribution >= 0.6 is 0 Å². The van der Waals surface area contributed by atoms with Crippen molar-refractivity contribution in [2.75, 3.05) is 0 Å². The van der Waals surface area contributed by atoms with Gasteiger partial charge in [-0.1, -0.05) is 32.9 Å². The number of aliphatic hydroxyl groups is 1. The number of rotatable bonds is 4. The number of ketones is 1. The van der Waals surface area contributed by atoms with E-state index in [2.05, 4.69) is 32.9 Å². The highest BCUT2D eigenvalue weighted by Crippen LogP contribution is 2.56. The van der Waals surface area contributed by atoms with Crippen LogP contribution in [-0.4, -0.2) is 16.5 Å². The minimum atomic E-state index is -0.668. The molecule has 1 N–H and O–H groups in total. The van der Waals surface area contributed by atoms with Gasteiger partial charge in [-0.05, 0) is 56.8 Å². The van der Waals surface area contributed by atoms with Gasteiger partial charge in [0.05, 0.1) is 5.60 Å². The van der Waals surface area contributed by atoms with Crippen molar-refractivity contribution in [1.29, 1.82) is 0 Å². The first kappa shape index (κ1) is 16.7. The van der Waals surface area contributed by atoms with Crippen LogP contribution in [0.4, 0.5) is 0 Å². The first-order valence-electron chi connectivity index (χ1n) is 8.59. The number of hydrogen-bond donors (Lipinski definition) is 1. The fraction of sp³-hybridized carbons (Fsp3) is 0.842. The lowest BCUT2D eigenvalue weighted by Crippen LogP contribution is -2.39. The number of fused-ring (bicyclic) bond motifs is 1. The molecule has 2 saturated carbocycles. The Hall–Kier alpha value is -0.630. The second kappa shape index (κ2) is 5.87. The molecule has 0 amide bonds. The van der Waals surface area contributed by atoms with Crippen molar-refractivity contribution in [3.63, 3.8) is 0 Å². The quantitative estimate of drug-likeness (QED) is 0.781. The largest absolute Gasteiger partial charge is 0.390 e. The van der Waals surface area contributed by atoms with Crippen LogP contribution < -0.4 is 0 Å². The Morgan fingerprint density at radius 2 is 1.95 bits per heavy atom. The second-order valence-electron chi connectivity index (χ2n) is 8.25. The molecule has 0 bridgehead atoms. The molecule has 0 aromatic carbocycles. The summed E-state index contributed by atoms with van der Waals surface area (Å²) in [6.45, 7) is 10.4. The van der Waals surface area contributed by atoms with Crippen LogP contribution in [0.25, 0.3) is 0 Å². The molecule has 0 radical (unpaired) electrons. The van der Waals surface area contributed by atoms with E-state index in [1.54, 1.807) is 0 Å². The van der Waals surface area contributed by atoms with E-state index >= 15 is 0 Å². The number of hydrogen-bond acceptors (Lipinski definition) is 2. The normalized spacial score (nSPS) is 36.8. The van der Waals surface area contributed by atoms with Gasteiger partial charge in [0, 0.05) is 18.3 Å². The van der Waals surface area contributed by atoms with E-state index in [0.717, 1.165) is 19.3 Å². The fourth-order valence-electron chi connectivity index (χ4n) is 4.55. The molecular formula is C19H32O2. The Morgan fingerprint density at radius 1 is 1.29 bits per heavy atom. The van der Waals surface area contributed by atoms with E-state index in [9.17, 15) is 9.90 Å². The highest BCUT2D eigenvalue weighted by atomic mass is 16.3. The summed E-state index contributed by atoms with van der Waals surface area (Å²) in [6.07, 6.45) is 9.76. The number of allylic oxidation sites excluding steroid dienone is 1. The molecule has 0 saturated heterocycles. The fourth-order valence-corrected chi connectivity index (χ4v) is 4.55. The second-order valence-corrected chi connectivity index (χ2v) is 8.25. The third kappa shape index (κ3) is 3.26. The third-order valence-electron chi connectivity index (χ3n) is 6.39. The molecule has 2 nitrogen and oxygen atoms in total. The summed E-state index contributed by atoms with van der Waals surface area (Å²) < 4.78 is 0. The Labute approximate surface area is 130 Å². The average Bonchev–Trinajstić information content (AvgIpc) is 2.73. The smallest absolute Gasteiger partial charge is 0.136 e. The molecule has 2 aliphatic rings. The van der Waals surface area contributed by atoms with Gasteiger partial charge < -0.3 is 5.11 Å². The van der Waals surface area contributed by atoms with Gasteiger partial charge in [0.1, 0.15) is 5.78 Å². The van der Waals surface area contributed by atoms with Crippen molar-refractivity contribution < 1.29 is 9.90 Å². The van der Waals surface area contributed by atoms with Crippen LogP contribution in [0.3, 0.4) is 0 Å². The molecule has 0 aromatic heterocycles. The van der Waals surface area contributed by atoms with Crippen molar-refractivity contribution in [2.45, 2.75) is 72.3 Å². The summed E-state index contributed by atoms with van der Waals surface area (Å²) in [6, 6.07) is 0. The van der Waals surface area contributed by atoms with Gasteiger partial charge in [0.15, 0.2) is 0 Å². The van der Waals surface area contributed by atoms with Crippen LogP contribution in [0.2, 0.25) is 0 Å². The van der Waals surface area contributed by atoms with Gasteiger partial charge in [-0.15, -0.1) is 0 Å². The summed E-state index contributed by atoms with van der Waals surface area (Å²) in [7, 11) is 0. The molecule has 0 unspecified atom stereocenters. The number of carbonyl (C=O) groups excluding carboxylic acids is 1. The summed E-state index contributed by atoms with van der Waals surface area (Å²) in [4.78, 5) is 12.2. The van der Waals surface area contributed by atoms with Gasteiger partial charge in [-0.3, -0.25) is 4.79 Å². The van der Waals surface area contributed by atoms with Crippen molar-refractivity contribution >= 4 is 5.78 Å². The molecular weight excluding hydrogens is 260 g/mol. The van der Waals surface area contributed by atoms with Crippen LogP contribution in [0.15, 0.2) is 12.2 Å². The highest BCUT2D eigenvalue weighted by Gasteiger charge is 2.51. The third-order valence-corrected chi connectivity index (χ3v) is 6.39. The zero-order chi connectivity index (χ0) is 15.8. The van der Waals surface area contributed by atoms with Gasteiger partial charge in [0.25, 0.3) is 0 Å². The van der Waals surface area contributed by atoms with E-state index in [1.807, 2.05) is 13.8 Å². The van der Waals surface area contributed by atoms with Crippen LogP contribution in [0.1, 0.15) is 66.7 Å². The van der Waals surface area contributed by atoms with Crippen LogP contribution in [0.5, 0.6) is 0 Å². The maximum Gasteiger partial charge on any atom is 0.136 e. The van der Waals surface area contributed by atoms with E-state index in [1.165, 1.54) is 12.8 Å². The van der Waals surface area contributed by atoms with E-state index in [-0.39, 0.29) is 11.3 Å². The van der Waals surface area contributed by atoms with Crippen molar-refractivity contribution in [3.8, 4) is 0 Å². The summed E-state index contributed by atoms with van der Waals surface area (Å²) in [5.74, 6) is 2.05. The Morgan fingerprint density at radius 3 is 2.57 bits per heavy atom. The SMILES string of the molecule is C[C@@H](C=C[C@H](C)C(C)(C)O)[C@H]1CC[C@H]2C(=O)CCC[C@]12C. The van der Waals surface area contributed by atoms with Gasteiger partial charge in [0.2, 0.25) is 0 Å². The van der Waals surface area contributed by atoms with Gasteiger partial charge in [-0.25, -0.2) is 0 Å². The van der Waals surface area contributed by atoms with Crippen molar-refractivity contribution in [1.82, 2.24) is 0 Å². The van der Waals surface area contributed by atoms with Gasteiger partial charge in [-0.2, -0.15) is 0 Å². The van der Waals surface area contributed by atoms with E-state index < -0.39 is 5.60 Å². The zero-order valence-electron chi connectivity index (χ0n) is 14.4. The number of Topliss-reactive ketones (excluding diaryl/α,β-unsaturated/α-hetero) is 1. The zero-order valence-corrected chi connectivity index (χ0v) is 14.4. The molecule has 120 valence electrons. The molecule has 0 heterocycles. The predicted octanol–water partition coefficient (Wildman–Crippen LogP) is 4.37. The molecule has 5 atom stereocenters. The minimum Gasteiger partial charge on any atom is -0.390 e. The first-order chi connectivity index (χ1) is 9.66. The molecule has 0 aliphatic heterocycles. The predicted molar refractivity (Wildman–Crippen MR) is 86.9 cm³/mol. The molecule has 2 aliphatic carbocycles. The van der Waals surface area contributed by atoms with Gasteiger partial charge >= 0.3 is 0 Å². The molecule has 0 spiro atoms. The molecule has 21 heavy (non-hydrogen) atoms. The lowest BCUT2D eigenvalue weighted by molar-refractivity contribution is -0.129. The van der Waals surface area contributed by atoms with Crippen molar-refractivity contribution in [2.24, 2.45) is 29.1 Å². The Bertz CT molecular complexity index is 418. The molecule has 2 fully saturated rings. The molecule has 0 aromatic rings. The lowest BCUT2D eigenvalue weighted by Gasteiger charge is -2.41. The average molecular weight is 292 g/mol. The topological polar surface area (TPSA) is 37.3 Å². The Kier molecular flexibility index (Phi) is 4.68. The lowest BCUT2D eigenvalue weighted by atomic mass is 9.62. The summed E-state index contributed by atoms with van der Waals surface area (Å²) in [5, 5.41) is 10.0. The highest BCUT2D eigenvalue weighted by molar-refractivity contribution is 5.83. The molecule has 2 heteroatoms. The van der Waals surface area contributed by atoms with Crippen LogP contribution in [-0.2, 0) is 4.79 Å². The minimum absolute atomic E-state index is 0.151.